The van der Waals surface area contributed by atoms with Crippen molar-refractivity contribution in [1.82, 2.24) is 9.21 Å². The molecular formula is C22H36N2O3S. The minimum Gasteiger partial charge on any atom is -0.494 e. The molecule has 0 atom stereocenters. The van der Waals surface area contributed by atoms with E-state index in [1.807, 2.05) is 12.1 Å². The summed E-state index contributed by atoms with van der Waals surface area (Å²) in [5, 5.41) is 0. The third kappa shape index (κ3) is 5.94. The highest BCUT2D eigenvalue weighted by molar-refractivity contribution is 7.88. The highest BCUT2D eigenvalue weighted by atomic mass is 32.2. The van der Waals surface area contributed by atoms with Crippen LogP contribution in [0.4, 0.5) is 0 Å². The molecule has 0 bridgehead atoms. The number of ether oxygens (including phenoxy) is 1. The zero-order valence-electron chi connectivity index (χ0n) is 17.7. The molecule has 1 aromatic carbocycles. The van der Waals surface area contributed by atoms with Gasteiger partial charge < -0.3 is 9.64 Å². The lowest BCUT2D eigenvalue weighted by Gasteiger charge is -2.34. The number of nitrogens with zero attached hydrogens (tertiary/aromatic N) is 2. The van der Waals surface area contributed by atoms with Crippen molar-refractivity contribution in [3.63, 3.8) is 0 Å². The minimum atomic E-state index is -3.12. The predicted octanol–water partition coefficient (Wildman–Crippen LogP) is 3.67. The minimum absolute atomic E-state index is 0.476. The molecule has 5 nitrogen and oxygen atoms in total. The number of likely N-dealkylation sites (tertiary alicyclic amines) is 1. The van der Waals surface area contributed by atoms with E-state index in [2.05, 4.69) is 24.8 Å². The first kappa shape index (κ1) is 21.6. The lowest BCUT2D eigenvalue weighted by Crippen LogP contribution is -2.38. The van der Waals surface area contributed by atoms with Gasteiger partial charge in [-0.15, -0.1) is 0 Å². The van der Waals surface area contributed by atoms with Crippen LogP contribution in [0.5, 0.6) is 5.75 Å². The van der Waals surface area contributed by atoms with Crippen LogP contribution in [-0.2, 0) is 23.0 Å². The first-order valence-corrected chi connectivity index (χ1v) is 12.6. The molecule has 0 radical (unpaired) electrons. The van der Waals surface area contributed by atoms with Crippen molar-refractivity contribution in [2.45, 2.75) is 65.0 Å². The van der Waals surface area contributed by atoms with Crippen LogP contribution >= 0.6 is 0 Å². The summed E-state index contributed by atoms with van der Waals surface area (Å²) in [7, 11) is -3.12. The van der Waals surface area contributed by atoms with Crippen LogP contribution < -0.4 is 4.74 Å². The van der Waals surface area contributed by atoms with Crippen molar-refractivity contribution in [1.29, 1.82) is 0 Å². The summed E-state index contributed by atoms with van der Waals surface area (Å²) >= 11 is 0. The van der Waals surface area contributed by atoms with E-state index in [4.69, 9.17) is 4.74 Å². The maximum atomic E-state index is 11.7. The molecule has 2 aliphatic rings. The monoisotopic (exact) mass is 408 g/mol. The number of unbranched alkanes of at least 4 members (excludes halogenated alkanes) is 1. The molecule has 158 valence electrons. The van der Waals surface area contributed by atoms with E-state index in [1.54, 1.807) is 4.31 Å². The van der Waals surface area contributed by atoms with E-state index in [0.717, 1.165) is 36.7 Å². The van der Waals surface area contributed by atoms with Gasteiger partial charge in [-0.1, -0.05) is 12.5 Å². The SMILES string of the molecule is CC(C)N1CCC(CCCCOc2ccc3c(c2)CCN(S(C)(=O)=O)C3)CC1. The van der Waals surface area contributed by atoms with Crippen LogP contribution in [-0.4, -0.2) is 56.2 Å². The molecule has 3 rings (SSSR count). The molecule has 1 saturated heterocycles. The summed E-state index contributed by atoms with van der Waals surface area (Å²) in [6.07, 6.45) is 8.38. The van der Waals surface area contributed by atoms with Crippen molar-refractivity contribution in [3.8, 4) is 5.75 Å². The Kier molecular flexibility index (Phi) is 7.40. The number of hydrogen-bond acceptors (Lipinski definition) is 4. The lowest BCUT2D eigenvalue weighted by molar-refractivity contribution is 0.143. The van der Waals surface area contributed by atoms with Gasteiger partial charge in [-0.2, -0.15) is 4.31 Å². The Morgan fingerprint density at radius 3 is 2.54 bits per heavy atom. The molecule has 2 aliphatic heterocycles. The van der Waals surface area contributed by atoms with Crippen molar-refractivity contribution in [2.24, 2.45) is 5.92 Å². The molecule has 0 spiro atoms. The average Bonchev–Trinajstić information content (AvgIpc) is 2.67. The number of rotatable bonds is 8. The second-order valence-corrected chi connectivity index (χ2v) is 10.7. The van der Waals surface area contributed by atoms with Crippen LogP contribution in [0.3, 0.4) is 0 Å². The van der Waals surface area contributed by atoms with Crippen molar-refractivity contribution in [3.05, 3.63) is 29.3 Å². The van der Waals surface area contributed by atoms with Gasteiger partial charge >= 0.3 is 0 Å². The lowest BCUT2D eigenvalue weighted by atomic mass is 9.91. The van der Waals surface area contributed by atoms with E-state index >= 15 is 0 Å². The average molecular weight is 409 g/mol. The van der Waals surface area contributed by atoms with Gasteiger partial charge in [-0.25, -0.2) is 8.42 Å². The van der Waals surface area contributed by atoms with Crippen molar-refractivity contribution >= 4 is 10.0 Å². The van der Waals surface area contributed by atoms with Gasteiger partial charge in [-0.05, 0) is 88.2 Å². The normalized spacial score (nSPS) is 19.7. The van der Waals surface area contributed by atoms with Crippen LogP contribution in [0.2, 0.25) is 0 Å². The molecule has 28 heavy (non-hydrogen) atoms. The van der Waals surface area contributed by atoms with Gasteiger partial charge in [0, 0.05) is 19.1 Å². The van der Waals surface area contributed by atoms with Gasteiger partial charge in [0.1, 0.15) is 5.75 Å². The predicted molar refractivity (Wildman–Crippen MR) is 114 cm³/mol. The standard InChI is InChI=1S/C22H36N2O3S/c1-18(2)23-12-9-19(10-13-23)6-4-5-15-27-22-8-7-21-17-24(28(3,25)26)14-11-20(21)16-22/h7-8,16,18-19H,4-6,9-15,17H2,1-3H3. The van der Waals surface area contributed by atoms with Crippen LogP contribution in [0.1, 0.15) is 57.1 Å². The highest BCUT2D eigenvalue weighted by Crippen LogP contribution is 2.26. The van der Waals surface area contributed by atoms with E-state index < -0.39 is 10.0 Å². The molecule has 0 N–H and O–H groups in total. The van der Waals surface area contributed by atoms with Crippen molar-refractivity contribution in [2.75, 3.05) is 32.5 Å². The maximum Gasteiger partial charge on any atom is 0.211 e. The van der Waals surface area contributed by atoms with Crippen LogP contribution in [0, 0.1) is 5.92 Å². The molecule has 0 unspecified atom stereocenters. The van der Waals surface area contributed by atoms with Gasteiger partial charge in [-0.3, -0.25) is 0 Å². The van der Waals surface area contributed by atoms with E-state index in [1.165, 1.54) is 50.6 Å². The van der Waals surface area contributed by atoms with Gasteiger partial charge in [0.15, 0.2) is 0 Å². The molecule has 1 fully saturated rings. The molecule has 2 heterocycles. The maximum absolute atomic E-state index is 11.7. The first-order chi connectivity index (χ1) is 13.3. The topological polar surface area (TPSA) is 49.9 Å². The fourth-order valence-electron chi connectivity index (χ4n) is 4.36. The van der Waals surface area contributed by atoms with E-state index in [-0.39, 0.29) is 0 Å². The molecule has 6 heteroatoms. The quantitative estimate of drug-likeness (QED) is 0.616. The number of sulfonamides is 1. The Labute approximate surface area is 171 Å². The fourth-order valence-corrected chi connectivity index (χ4v) is 5.16. The van der Waals surface area contributed by atoms with E-state index in [0.29, 0.717) is 19.1 Å². The summed E-state index contributed by atoms with van der Waals surface area (Å²) in [5.74, 6) is 1.80. The van der Waals surface area contributed by atoms with Crippen LogP contribution in [0.15, 0.2) is 18.2 Å². The smallest absolute Gasteiger partial charge is 0.211 e. The highest BCUT2D eigenvalue weighted by Gasteiger charge is 2.23. The van der Waals surface area contributed by atoms with Gasteiger partial charge in [0.05, 0.1) is 12.9 Å². The first-order valence-electron chi connectivity index (χ1n) is 10.8. The summed E-state index contributed by atoms with van der Waals surface area (Å²) in [6.45, 7) is 8.89. The Hall–Kier alpha value is -1.11. The Balaban J connectivity index is 1.36. The third-order valence-electron chi connectivity index (χ3n) is 6.28. The molecule has 0 aromatic heterocycles. The molecule has 1 aromatic rings. The fraction of sp³-hybridized carbons (Fsp3) is 0.727. The van der Waals surface area contributed by atoms with Gasteiger partial charge in [0.25, 0.3) is 0 Å². The summed E-state index contributed by atoms with van der Waals surface area (Å²) < 4.78 is 31.0. The van der Waals surface area contributed by atoms with Gasteiger partial charge in [0.2, 0.25) is 10.0 Å². The number of piperidine rings is 1. The van der Waals surface area contributed by atoms with E-state index in [9.17, 15) is 8.42 Å². The zero-order chi connectivity index (χ0) is 20.1. The van der Waals surface area contributed by atoms with Crippen LogP contribution in [0.25, 0.3) is 0 Å². The molecule has 0 saturated carbocycles. The number of fused-ring (bicyclic) bond motifs is 1. The second kappa shape index (κ2) is 9.59. The number of hydrogen-bond donors (Lipinski definition) is 0. The largest absolute Gasteiger partial charge is 0.494 e. The van der Waals surface area contributed by atoms with Crippen molar-refractivity contribution < 1.29 is 13.2 Å². The molecular weight excluding hydrogens is 372 g/mol. The summed E-state index contributed by atoms with van der Waals surface area (Å²) in [6, 6.07) is 6.77. The Bertz CT molecular complexity index is 740. The third-order valence-corrected chi connectivity index (χ3v) is 7.53. The second-order valence-electron chi connectivity index (χ2n) is 8.69. The number of benzene rings is 1. The Morgan fingerprint density at radius 2 is 1.86 bits per heavy atom. The Morgan fingerprint density at radius 1 is 1.11 bits per heavy atom. The zero-order valence-corrected chi connectivity index (χ0v) is 18.5. The molecule has 0 amide bonds. The molecule has 0 aliphatic carbocycles. The summed E-state index contributed by atoms with van der Waals surface area (Å²) in [4.78, 5) is 2.59. The summed E-state index contributed by atoms with van der Waals surface area (Å²) in [5.41, 5.74) is 2.31.